The summed E-state index contributed by atoms with van der Waals surface area (Å²) < 4.78 is 32.3. The number of methoxy groups -OCH3 is 1. The number of ether oxygens (including phenoxy) is 5. The lowest BCUT2D eigenvalue weighted by Gasteiger charge is -2.61. The van der Waals surface area contributed by atoms with Crippen LogP contribution in [0.3, 0.4) is 0 Å². The number of esters is 1. The first-order valence-electron chi connectivity index (χ1n) is 29.5. The number of aldehydes is 1. The van der Waals surface area contributed by atoms with Gasteiger partial charge in [0.25, 0.3) is 0 Å². The van der Waals surface area contributed by atoms with Crippen molar-refractivity contribution in [2.75, 3.05) is 73.0 Å². The van der Waals surface area contributed by atoms with Gasteiger partial charge in [0, 0.05) is 105 Å². The van der Waals surface area contributed by atoms with Crippen molar-refractivity contribution in [1.82, 2.24) is 9.88 Å². The van der Waals surface area contributed by atoms with Crippen molar-refractivity contribution < 1.29 is 73.8 Å². The van der Waals surface area contributed by atoms with Gasteiger partial charge in [-0.15, -0.1) is 0 Å². The SMILES string of the molecule is CCOC(=O)C1=C(C=O)C2=C3CC(CO)C(=O)C(C3)c3cc4cc[nH]c4cc3CCC(CO)COc3c4c(c(CO)c(c32)O1)OC1(C=CC(CCO)C2C(C(O)CCc3ccccc3CCO)=CC3CN(CCCOC)CCC3C21O)C4. The number of hydrogen-bond donors (Lipinski definition) is 8. The number of aliphatic hydroxyl groups is 7. The summed E-state index contributed by atoms with van der Waals surface area (Å²) in [6.07, 6.45) is 11.1. The third-order valence-corrected chi connectivity index (χ3v) is 19.1. The van der Waals surface area contributed by atoms with Gasteiger partial charge >= 0.3 is 5.97 Å². The van der Waals surface area contributed by atoms with Gasteiger partial charge in [-0.1, -0.05) is 42.0 Å². The molecule has 2 bridgehead atoms. The number of piperidine rings is 1. The van der Waals surface area contributed by atoms with E-state index in [9.17, 15) is 50.1 Å². The number of carbonyl (C=O) groups excluding carboxylic acids is 3. The lowest BCUT2D eigenvalue weighted by Crippen LogP contribution is -2.72. The summed E-state index contributed by atoms with van der Waals surface area (Å²) in [4.78, 5) is 48.7. The van der Waals surface area contributed by atoms with Gasteiger partial charge in [0.1, 0.15) is 28.6 Å². The molecule has 1 saturated carbocycles. The number of fused-ring (bicyclic) bond motifs is 11. The van der Waals surface area contributed by atoms with Crippen LogP contribution in [-0.4, -0.2) is 154 Å². The van der Waals surface area contributed by atoms with E-state index in [0.717, 1.165) is 46.1 Å². The zero-order valence-corrected chi connectivity index (χ0v) is 46.9. The van der Waals surface area contributed by atoms with E-state index >= 15 is 0 Å². The Kier molecular flexibility index (Phi) is 17.1. The number of H-pyrrole nitrogens is 1. The van der Waals surface area contributed by atoms with E-state index in [0.29, 0.717) is 81.2 Å². The van der Waals surface area contributed by atoms with E-state index in [1.54, 1.807) is 14.0 Å². The molecule has 8 N–H and O–H groups in total. The summed E-state index contributed by atoms with van der Waals surface area (Å²) in [5.74, 6) is -5.46. The fourth-order valence-electron chi connectivity index (χ4n) is 15.2. The maximum absolute atomic E-state index is 14.8. The Morgan fingerprint density at radius 1 is 1.00 bits per heavy atom. The lowest BCUT2D eigenvalue weighted by molar-refractivity contribution is -0.202. The van der Waals surface area contributed by atoms with Gasteiger partial charge in [-0.25, -0.2) is 4.79 Å². The highest BCUT2D eigenvalue weighted by atomic mass is 16.6. The summed E-state index contributed by atoms with van der Waals surface area (Å²) in [6.45, 7) is 2.35. The van der Waals surface area contributed by atoms with Gasteiger partial charge in [0.2, 0.25) is 5.76 Å². The monoisotopic (exact) mass is 1130 g/mol. The molecule has 3 aliphatic carbocycles. The van der Waals surface area contributed by atoms with Crippen molar-refractivity contribution in [2.45, 2.75) is 107 Å². The fourth-order valence-corrected chi connectivity index (χ4v) is 15.2. The Balaban J connectivity index is 1.11. The molecular weight excluding hydrogens is 1050 g/mol. The van der Waals surface area contributed by atoms with Crippen LogP contribution in [0.5, 0.6) is 17.2 Å². The number of aromatic nitrogens is 1. The molecule has 7 aliphatic rings. The average molecular weight is 1130 g/mol. The predicted molar refractivity (Wildman–Crippen MR) is 304 cm³/mol. The Morgan fingerprint density at radius 2 is 1.82 bits per heavy atom. The maximum Gasteiger partial charge on any atom is 0.375 e. The zero-order chi connectivity index (χ0) is 57.5. The third-order valence-electron chi connectivity index (χ3n) is 19.1. The molecule has 17 nitrogen and oxygen atoms in total. The fraction of sp³-hybridized carbons (Fsp3) is 0.523. The minimum Gasteiger partial charge on any atom is -0.492 e. The van der Waals surface area contributed by atoms with Crippen LogP contribution in [0.4, 0.5) is 0 Å². The molecule has 4 aromatic rings. The summed E-state index contributed by atoms with van der Waals surface area (Å²) in [7, 11) is 1.68. The van der Waals surface area contributed by atoms with Crippen LogP contribution in [-0.2, 0) is 56.1 Å². The summed E-state index contributed by atoms with van der Waals surface area (Å²) >= 11 is 0. The quantitative estimate of drug-likeness (QED) is 0.0263. The molecule has 10 atom stereocenters. The van der Waals surface area contributed by atoms with Crippen LogP contribution in [0.1, 0.15) is 96.7 Å². The van der Waals surface area contributed by atoms with Crippen molar-refractivity contribution in [1.29, 1.82) is 0 Å². The van der Waals surface area contributed by atoms with Gasteiger partial charge in [-0.3, -0.25) is 9.59 Å². The molecule has 1 saturated heterocycles. The van der Waals surface area contributed by atoms with Gasteiger partial charge in [0.05, 0.1) is 49.2 Å². The molecule has 5 heterocycles. The van der Waals surface area contributed by atoms with E-state index in [1.807, 2.05) is 60.8 Å². The number of carbonyl (C=O) groups is 3. The van der Waals surface area contributed by atoms with Crippen LogP contribution in [0.15, 0.2) is 89.4 Å². The molecule has 11 rings (SSSR count). The number of benzene rings is 3. The number of rotatable bonds is 18. The van der Waals surface area contributed by atoms with Gasteiger partial charge in [0.15, 0.2) is 11.9 Å². The Morgan fingerprint density at radius 3 is 2.55 bits per heavy atom. The summed E-state index contributed by atoms with van der Waals surface area (Å²) in [5, 5.41) is 83.2. The molecule has 3 aromatic carbocycles. The first-order chi connectivity index (χ1) is 39.9. The largest absolute Gasteiger partial charge is 0.492 e. The number of aromatic amines is 1. The second kappa shape index (κ2) is 24.3. The first kappa shape index (κ1) is 57.8. The number of aryl methyl sites for hydroxylation is 2. The number of nitrogens with zero attached hydrogens (tertiary/aromatic N) is 1. The molecular formula is C65H78N2O15. The molecule has 10 unspecified atom stereocenters. The number of likely N-dealkylation sites (tertiary alicyclic amines) is 1. The van der Waals surface area contributed by atoms with E-state index in [2.05, 4.69) is 16.0 Å². The number of nitrogens with one attached hydrogen (secondary N) is 1. The van der Waals surface area contributed by atoms with E-state index < -0.39 is 77.8 Å². The Hall–Kier alpha value is -5.99. The third kappa shape index (κ3) is 10.1. The lowest BCUT2D eigenvalue weighted by atomic mass is 9.49. The highest BCUT2D eigenvalue weighted by molar-refractivity contribution is 6.11. The zero-order valence-electron chi connectivity index (χ0n) is 46.9. The van der Waals surface area contributed by atoms with Gasteiger partial charge in [-0.05, 0) is 147 Å². The number of ketones is 1. The van der Waals surface area contributed by atoms with Crippen molar-refractivity contribution in [3.8, 4) is 17.2 Å². The van der Waals surface area contributed by atoms with E-state index in [-0.39, 0.29) is 110 Å². The second-order valence-corrected chi connectivity index (χ2v) is 23.6. The molecule has 1 aromatic heterocycles. The summed E-state index contributed by atoms with van der Waals surface area (Å²) in [6, 6.07) is 13.8. The van der Waals surface area contributed by atoms with Crippen LogP contribution in [0.2, 0.25) is 0 Å². The van der Waals surface area contributed by atoms with Crippen molar-refractivity contribution in [2.24, 2.45) is 35.5 Å². The number of hydrogen-bond acceptors (Lipinski definition) is 16. The van der Waals surface area contributed by atoms with Crippen molar-refractivity contribution >= 4 is 34.5 Å². The minimum atomic E-state index is -1.80. The van der Waals surface area contributed by atoms with Crippen LogP contribution < -0.4 is 14.2 Å². The minimum absolute atomic E-state index is 0.00684. The van der Waals surface area contributed by atoms with Gasteiger partial charge in [-0.2, -0.15) is 0 Å². The Bertz CT molecular complexity index is 3210. The molecule has 17 heteroatoms. The summed E-state index contributed by atoms with van der Waals surface area (Å²) in [5.41, 5.74) is 3.10. The highest BCUT2D eigenvalue weighted by Gasteiger charge is 2.69. The molecule has 4 aliphatic heterocycles. The first-order valence-corrected chi connectivity index (χ1v) is 29.5. The Labute approximate surface area is 477 Å². The maximum atomic E-state index is 14.8. The molecule has 1 spiro atoms. The average Bonchev–Trinajstić information content (AvgIpc) is 2.61. The predicted octanol–water partition coefficient (Wildman–Crippen LogP) is 5.54. The van der Waals surface area contributed by atoms with Crippen molar-refractivity contribution in [3.05, 3.63) is 128 Å². The van der Waals surface area contributed by atoms with Crippen LogP contribution >= 0.6 is 0 Å². The smallest absolute Gasteiger partial charge is 0.375 e. The number of aliphatic hydroxyl groups excluding tert-OH is 6. The number of Topliss-reactive ketones (excluding diaryl/α,β-unsaturated/α-hetero) is 1. The highest BCUT2D eigenvalue weighted by Crippen LogP contribution is 2.64. The molecule has 82 heavy (non-hydrogen) atoms. The topological polar surface area (TPSA) is 258 Å². The molecule has 438 valence electrons. The van der Waals surface area contributed by atoms with Crippen LogP contribution in [0, 0.1) is 35.5 Å². The molecule has 0 radical (unpaired) electrons. The van der Waals surface area contributed by atoms with Crippen LogP contribution in [0.25, 0.3) is 16.5 Å². The second-order valence-electron chi connectivity index (χ2n) is 23.6. The standard InChI is InChI=1S/C65H78N2O15/c1-3-79-63(76)62-50(34-72)55-43-25-45(33-71)58(75)47(27-43)46-26-42-14-19-66-53(42)29-41(46)10-9-37(32-70)36-80-60-49-30-64(82-59(49)51(35-73)61(81-62)56(55)60)18-13-40(17-23-69)57-48(54(74)12-11-38-7-4-5-8-39(38)16-22-68)28-44-31-67(20-6-24-78-2)21-15-52(44)65(57,64)77/h4-5,7-8,13-14,18-19,26,28-29,34,37,40,44-45,47,52,54,57,66,68-71,73-74,77H,3,6,9-12,15-17,20-25,27,30-33,35-36H2,1-2H3. The normalized spacial score (nSPS) is 28.0. The van der Waals surface area contributed by atoms with Gasteiger partial charge < -0.3 is 69.3 Å². The molecule has 2 fully saturated rings. The van der Waals surface area contributed by atoms with E-state index in [1.165, 1.54) is 0 Å². The number of allylic oxidation sites excluding steroid dienone is 4. The van der Waals surface area contributed by atoms with E-state index in [4.69, 9.17) is 23.7 Å². The van der Waals surface area contributed by atoms with Crippen molar-refractivity contribution in [3.63, 3.8) is 0 Å². The molecule has 0 amide bonds.